The van der Waals surface area contributed by atoms with Crippen molar-refractivity contribution in [2.24, 2.45) is 0 Å². The number of amides is 2. The average Bonchev–Trinajstić information content (AvgIpc) is 3.51. The maximum absolute atomic E-state index is 13.1. The first-order valence-electron chi connectivity index (χ1n) is 9.85. The molecule has 168 valence electrons. The highest BCUT2D eigenvalue weighted by Crippen LogP contribution is 2.35. The highest BCUT2D eigenvalue weighted by molar-refractivity contribution is 7.94. The summed E-state index contributed by atoms with van der Waals surface area (Å²) in [5.74, 6) is -1.85. The van der Waals surface area contributed by atoms with Crippen molar-refractivity contribution in [2.45, 2.75) is 23.2 Å². The van der Waals surface area contributed by atoms with E-state index in [0.717, 1.165) is 16.9 Å². The van der Waals surface area contributed by atoms with Crippen LogP contribution in [0.4, 0.5) is 11.4 Å². The number of benzene rings is 1. The number of nitrogens with zero attached hydrogens (tertiary/aromatic N) is 1. The second-order valence-electron chi connectivity index (χ2n) is 7.19. The van der Waals surface area contributed by atoms with E-state index in [9.17, 15) is 23.1 Å². The van der Waals surface area contributed by atoms with E-state index in [0.29, 0.717) is 36.3 Å². The molecule has 3 aromatic rings. The van der Waals surface area contributed by atoms with Crippen LogP contribution >= 0.6 is 11.3 Å². The van der Waals surface area contributed by atoms with Gasteiger partial charge in [-0.2, -0.15) is 0 Å². The van der Waals surface area contributed by atoms with Gasteiger partial charge in [-0.1, -0.05) is 12.1 Å². The lowest BCUT2D eigenvalue weighted by Crippen LogP contribution is -2.38. The van der Waals surface area contributed by atoms with Gasteiger partial charge in [-0.25, -0.2) is 8.42 Å². The van der Waals surface area contributed by atoms with E-state index in [1.165, 1.54) is 16.8 Å². The van der Waals surface area contributed by atoms with Crippen LogP contribution in [0.3, 0.4) is 0 Å². The zero-order valence-corrected chi connectivity index (χ0v) is 18.5. The van der Waals surface area contributed by atoms with E-state index in [2.05, 4.69) is 10.6 Å². The first-order chi connectivity index (χ1) is 15.4. The summed E-state index contributed by atoms with van der Waals surface area (Å²) in [5.41, 5.74) is 2.11. The Balaban J connectivity index is 1.46. The van der Waals surface area contributed by atoms with Gasteiger partial charge in [0.25, 0.3) is 10.0 Å². The summed E-state index contributed by atoms with van der Waals surface area (Å²) in [4.78, 5) is 24.4. The zero-order chi connectivity index (χ0) is 22.7. The Bertz CT molecular complexity index is 1210. The van der Waals surface area contributed by atoms with Gasteiger partial charge in [0.2, 0.25) is 0 Å². The molecule has 9 nitrogen and oxygen atoms in total. The Morgan fingerprint density at radius 1 is 1.22 bits per heavy atom. The molecule has 1 aliphatic heterocycles. The Morgan fingerprint density at radius 3 is 2.78 bits per heavy atom. The standard InChI is InChI=1S/C21H21N3O6S2/c25-18(15-7-9-30-13-15)12-22-20(26)21(27)23-16-6-5-14-3-1-8-24(17(14)11-16)32(28,29)19-4-2-10-31-19/h2,4-7,9-11,13,18,25H,1,3,8,12H2,(H,22,26)(H,23,27)/t18-/m0/s1. The first kappa shape index (κ1) is 22.1. The van der Waals surface area contributed by atoms with Crippen molar-refractivity contribution in [3.63, 3.8) is 0 Å². The minimum absolute atomic E-state index is 0.164. The van der Waals surface area contributed by atoms with Crippen molar-refractivity contribution in [1.82, 2.24) is 5.32 Å². The zero-order valence-electron chi connectivity index (χ0n) is 16.9. The second kappa shape index (κ2) is 9.15. The molecule has 1 aromatic carbocycles. The largest absolute Gasteiger partial charge is 0.472 e. The minimum atomic E-state index is -3.71. The topological polar surface area (TPSA) is 129 Å². The van der Waals surface area contributed by atoms with E-state index in [1.54, 1.807) is 41.8 Å². The monoisotopic (exact) mass is 475 g/mol. The molecule has 3 heterocycles. The minimum Gasteiger partial charge on any atom is -0.472 e. The highest BCUT2D eigenvalue weighted by atomic mass is 32.2. The SMILES string of the molecule is O=C(NC[C@H](O)c1ccoc1)C(=O)Nc1ccc2c(c1)N(S(=O)(=O)c1cccs1)CCC2. The van der Waals surface area contributed by atoms with Gasteiger partial charge in [0.15, 0.2) is 0 Å². The Labute approximate surface area is 188 Å². The van der Waals surface area contributed by atoms with Gasteiger partial charge < -0.3 is 20.2 Å². The number of carbonyl (C=O) groups is 2. The molecule has 0 bridgehead atoms. The maximum atomic E-state index is 13.1. The average molecular weight is 476 g/mol. The normalized spacial score (nSPS) is 14.5. The third-order valence-corrected chi connectivity index (χ3v) is 8.24. The van der Waals surface area contributed by atoms with Crippen molar-refractivity contribution in [3.05, 3.63) is 65.4 Å². The smallest absolute Gasteiger partial charge is 0.313 e. The number of thiophene rings is 1. The fourth-order valence-electron chi connectivity index (χ4n) is 3.43. The quantitative estimate of drug-likeness (QED) is 0.469. The van der Waals surface area contributed by atoms with Gasteiger partial charge in [0.05, 0.1) is 24.3 Å². The number of hydrogen-bond donors (Lipinski definition) is 3. The molecule has 0 fully saturated rings. The number of furan rings is 1. The molecular formula is C21H21N3O6S2. The van der Waals surface area contributed by atoms with Crippen LogP contribution in [0.2, 0.25) is 0 Å². The molecule has 2 amide bonds. The lowest BCUT2D eigenvalue weighted by atomic mass is 10.0. The molecular weight excluding hydrogens is 454 g/mol. The lowest BCUT2D eigenvalue weighted by molar-refractivity contribution is -0.136. The predicted octanol–water partition coefficient (Wildman–Crippen LogP) is 2.27. The molecule has 0 saturated heterocycles. The second-order valence-corrected chi connectivity index (χ2v) is 10.2. The summed E-state index contributed by atoms with van der Waals surface area (Å²) in [6.45, 7) is 0.166. The van der Waals surface area contributed by atoms with E-state index in [1.807, 2.05) is 0 Å². The first-order valence-corrected chi connectivity index (χ1v) is 12.2. The predicted molar refractivity (Wildman–Crippen MR) is 119 cm³/mol. The van der Waals surface area contributed by atoms with Gasteiger partial charge in [0.1, 0.15) is 4.21 Å². The van der Waals surface area contributed by atoms with E-state index >= 15 is 0 Å². The fraction of sp³-hybridized carbons (Fsp3) is 0.238. The van der Waals surface area contributed by atoms with E-state index in [4.69, 9.17) is 4.42 Å². The molecule has 0 unspecified atom stereocenters. The number of aliphatic hydroxyl groups excluding tert-OH is 1. The number of hydrogen-bond acceptors (Lipinski definition) is 7. The van der Waals surface area contributed by atoms with Crippen LogP contribution in [0, 0.1) is 0 Å². The molecule has 0 saturated carbocycles. The third-order valence-electron chi connectivity index (χ3n) is 5.05. The van der Waals surface area contributed by atoms with Gasteiger partial charge in [-0.15, -0.1) is 11.3 Å². The molecule has 0 aliphatic carbocycles. The summed E-state index contributed by atoms with van der Waals surface area (Å²) in [6, 6.07) is 9.74. The van der Waals surface area contributed by atoms with Crippen LogP contribution in [0.15, 0.2) is 62.9 Å². The van der Waals surface area contributed by atoms with Crippen molar-refractivity contribution in [1.29, 1.82) is 0 Å². The van der Waals surface area contributed by atoms with Crippen LogP contribution in [-0.4, -0.2) is 38.4 Å². The molecule has 32 heavy (non-hydrogen) atoms. The molecule has 3 N–H and O–H groups in total. The molecule has 4 rings (SSSR count). The molecule has 2 aromatic heterocycles. The number of anilines is 2. The van der Waals surface area contributed by atoms with E-state index in [-0.39, 0.29) is 10.8 Å². The number of nitrogens with one attached hydrogen (secondary N) is 2. The summed E-state index contributed by atoms with van der Waals surface area (Å²) in [6.07, 6.45) is 3.13. The lowest BCUT2D eigenvalue weighted by Gasteiger charge is -2.30. The number of aryl methyl sites for hydroxylation is 1. The number of aliphatic hydroxyl groups is 1. The molecule has 0 spiro atoms. The molecule has 1 atom stereocenters. The van der Waals surface area contributed by atoms with Crippen LogP contribution < -0.4 is 14.9 Å². The van der Waals surface area contributed by atoms with Crippen LogP contribution in [0.25, 0.3) is 0 Å². The van der Waals surface area contributed by atoms with Crippen LogP contribution in [0.5, 0.6) is 0 Å². The highest BCUT2D eigenvalue weighted by Gasteiger charge is 2.30. The van der Waals surface area contributed by atoms with Crippen molar-refractivity contribution in [2.75, 3.05) is 22.7 Å². The van der Waals surface area contributed by atoms with Gasteiger partial charge in [-0.3, -0.25) is 13.9 Å². The number of rotatable bonds is 6. The number of fused-ring (bicyclic) bond motifs is 1. The fourth-order valence-corrected chi connectivity index (χ4v) is 6.06. The summed E-state index contributed by atoms with van der Waals surface area (Å²) in [7, 11) is -3.71. The van der Waals surface area contributed by atoms with Crippen molar-refractivity contribution < 1.29 is 27.5 Å². The summed E-state index contributed by atoms with van der Waals surface area (Å²) in [5, 5.41) is 16.5. The Hall–Kier alpha value is -3.15. The molecule has 1 aliphatic rings. The van der Waals surface area contributed by atoms with Crippen LogP contribution in [0.1, 0.15) is 23.7 Å². The summed E-state index contributed by atoms with van der Waals surface area (Å²) >= 11 is 1.15. The van der Waals surface area contributed by atoms with Crippen molar-refractivity contribution >= 4 is 44.5 Å². The van der Waals surface area contributed by atoms with Gasteiger partial charge in [-0.05, 0) is 48.1 Å². The van der Waals surface area contributed by atoms with Crippen molar-refractivity contribution in [3.8, 4) is 0 Å². The van der Waals surface area contributed by atoms with E-state index < -0.39 is 27.9 Å². The van der Waals surface area contributed by atoms with Crippen LogP contribution in [-0.2, 0) is 26.0 Å². The molecule has 11 heteroatoms. The van der Waals surface area contributed by atoms with Gasteiger partial charge in [0, 0.05) is 24.3 Å². The Morgan fingerprint density at radius 2 is 2.06 bits per heavy atom. The number of carbonyl (C=O) groups excluding carboxylic acids is 2. The van der Waals surface area contributed by atoms with Gasteiger partial charge >= 0.3 is 11.8 Å². The Kier molecular flexibility index (Phi) is 6.31. The maximum Gasteiger partial charge on any atom is 0.313 e. The summed E-state index contributed by atoms with van der Waals surface area (Å²) < 4.78 is 32.6. The molecule has 0 radical (unpaired) electrons. The number of sulfonamides is 1. The third kappa shape index (κ3) is 4.54.